The van der Waals surface area contributed by atoms with Crippen molar-refractivity contribution in [1.82, 2.24) is 14.6 Å². The van der Waals surface area contributed by atoms with Crippen molar-refractivity contribution in [1.29, 1.82) is 0 Å². The van der Waals surface area contributed by atoms with Gasteiger partial charge in [0, 0.05) is 6.07 Å². The molecule has 0 amide bonds. The van der Waals surface area contributed by atoms with E-state index in [1.54, 1.807) is 12.3 Å². The molecule has 1 aliphatic carbocycles. The van der Waals surface area contributed by atoms with Gasteiger partial charge >= 0.3 is 0 Å². The molecule has 0 unspecified atom stereocenters. The molecule has 0 radical (unpaired) electrons. The first-order chi connectivity index (χ1) is 11.3. The lowest BCUT2D eigenvalue weighted by Crippen LogP contribution is -2.19. The number of hydrogen-bond donors (Lipinski definition) is 0. The lowest BCUT2D eigenvalue weighted by molar-refractivity contribution is 0.177. The topological polar surface area (TPSA) is 48.7 Å². The van der Waals surface area contributed by atoms with Crippen LogP contribution in [0.5, 0.6) is 17.4 Å². The van der Waals surface area contributed by atoms with Gasteiger partial charge in [-0.2, -0.15) is 4.52 Å². The molecule has 0 atom stereocenters. The average molecular weight is 330 g/mol. The third-order valence-electron chi connectivity index (χ3n) is 4.08. The molecule has 2 heterocycles. The number of benzene rings is 1. The molecule has 1 aliphatic rings. The smallest absolute Gasteiger partial charge is 0.237 e. The van der Waals surface area contributed by atoms with Gasteiger partial charge in [-0.3, -0.25) is 0 Å². The Labute approximate surface area is 138 Å². The number of fused-ring (bicyclic) bond motifs is 1. The van der Waals surface area contributed by atoms with Crippen molar-refractivity contribution in [2.75, 3.05) is 6.61 Å². The standard InChI is InChI=1S/C17H16ClN3O2/c18-17-19-10-13-8-9-16(20-21(13)17)23-15-7-2-1-6-14(15)22-11-12-4-3-5-12/h1-2,6-10,12H,3-5,11H2. The summed E-state index contributed by atoms with van der Waals surface area (Å²) in [7, 11) is 0. The first-order valence-corrected chi connectivity index (χ1v) is 8.07. The van der Waals surface area contributed by atoms with Crippen molar-refractivity contribution in [3.63, 3.8) is 0 Å². The van der Waals surface area contributed by atoms with Gasteiger partial charge in [-0.15, -0.1) is 5.10 Å². The van der Waals surface area contributed by atoms with Gasteiger partial charge in [-0.1, -0.05) is 18.6 Å². The highest BCUT2D eigenvalue weighted by Gasteiger charge is 2.19. The lowest BCUT2D eigenvalue weighted by Gasteiger charge is -2.25. The Morgan fingerprint density at radius 1 is 1.13 bits per heavy atom. The molecule has 3 aromatic rings. The van der Waals surface area contributed by atoms with E-state index in [9.17, 15) is 0 Å². The molecule has 23 heavy (non-hydrogen) atoms. The minimum atomic E-state index is 0.306. The van der Waals surface area contributed by atoms with Crippen LogP contribution >= 0.6 is 11.6 Å². The van der Waals surface area contributed by atoms with Crippen LogP contribution in [-0.4, -0.2) is 21.2 Å². The highest BCUT2D eigenvalue weighted by Crippen LogP contribution is 2.33. The summed E-state index contributed by atoms with van der Waals surface area (Å²) < 4.78 is 13.3. The Morgan fingerprint density at radius 3 is 2.74 bits per heavy atom. The van der Waals surface area contributed by atoms with Crippen molar-refractivity contribution < 1.29 is 9.47 Å². The van der Waals surface area contributed by atoms with Gasteiger partial charge in [0.25, 0.3) is 0 Å². The zero-order valence-corrected chi connectivity index (χ0v) is 13.2. The third-order valence-corrected chi connectivity index (χ3v) is 4.34. The molecule has 0 spiro atoms. The number of rotatable bonds is 5. The summed E-state index contributed by atoms with van der Waals surface area (Å²) in [6.45, 7) is 0.736. The van der Waals surface area contributed by atoms with Crippen molar-refractivity contribution >= 4 is 17.1 Å². The van der Waals surface area contributed by atoms with Crippen molar-refractivity contribution in [2.24, 2.45) is 5.92 Å². The van der Waals surface area contributed by atoms with Crippen LogP contribution in [0.3, 0.4) is 0 Å². The third kappa shape index (κ3) is 2.97. The normalized spacial score (nSPS) is 14.7. The number of aromatic nitrogens is 3. The molecule has 2 aromatic heterocycles. The summed E-state index contributed by atoms with van der Waals surface area (Å²) in [6, 6.07) is 11.3. The second kappa shape index (κ2) is 6.08. The summed E-state index contributed by atoms with van der Waals surface area (Å²) in [4.78, 5) is 4.01. The first kappa shape index (κ1) is 14.3. The molecule has 6 heteroatoms. The zero-order valence-electron chi connectivity index (χ0n) is 12.5. The highest BCUT2D eigenvalue weighted by molar-refractivity contribution is 6.28. The van der Waals surface area contributed by atoms with E-state index in [1.165, 1.54) is 23.8 Å². The number of imidazole rings is 1. The Balaban J connectivity index is 1.55. The summed E-state index contributed by atoms with van der Waals surface area (Å²) in [5.41, 5.74) is 0.817. The average Bonchev–Trinajstić information content (AvgIpc) is 2.89. The minimum Gasteiger partial charge on any atom is -0.489 e. The predicted octanol–water partition coefficient (Wildman–Crippen LogP) is 4.35. The largest absolute Gasteiger partial charge is 0.489 e. The molecule has 4 rings (SSSR count). The highest BCUT2D eigenvalue weighted by atomic mass is 35.5. The molecule has 5 nitrogen and oxygen atoms in total. The van der Waals surface area contributed by atoms with Crippen LogP contribution in [0.1, 0.15) is 19.3 Å². The fraction of sp³-hybridized carbons (Fsp3) is 0.294. The number of hydrogen-bond acceptors (Lipinski definition) is 4. The second-order valence-corrected chi connectivity index (χ2v) is 6.03. The molecule has 1 aromatic carbocycles. The van der Waals surface area contributed by atoms with Gasteiger partial charge in [-0.05, 0) is 48.6 Å². The van der Waals surface area contributed by atoms with Gasteiger partial charge in [-0.25, -0.2) is 4.98 Å². The van der Waals surface area contributed by atoms with Gasteiger partial charge in [0.1, 0.15) is 0 Å². The molecule has 0 saturated heterocycles. The van der Waals surface area contributed by atoms with E-state index >= 15 is 0 Å². The maximum Gasteiger partial charge on any atom is 0.237 e. The molecule has 1 fully saturated rings. The summed E-state index contributed by atoms with van der Waals surface area (Å²) in [5, 5.41) is 4.64. The van der Waals surface area contributed by atoms with E-state index in [2.05, 4.69) is 10.1 Å². The van der Waals surface area contributed by atoms with Crippen molar-refractivity contribution in [3.05, 3.63) is 47.9 Å². The number of halogens is 1. The molecule has 0 bridgehead atoms. The predicted molar refractivity (Wildman–Crippen MR) is 87.3 cm³/mol. The molecule has 118 valence electrons. The van der Waals surface area contributed by atoms with Crippen LogP contribution < -0.4 is 9.47 Å². The van der Waals surface area contributed by atoms with Crippen LogP contribution in [0.4, 0.5) is 0 Å². The molecular formula is C17H16ClN3O2. The second-order valence-electron chi connectivity index (χ2n) is 5.69. The van der Waals surface area contributed by atoms with E-state index in [1.807, 2.05) is 30.3 Å². The Kier molecular flexibility index (Phi) is 3.79. The van der Waals surface area contributed by atoms with Crippen molar-refractivity contribution in [2.45, 2.75) is 19.3 Å². The van der Waals surface area contributed by atoms with E-state index < -0.39 is 0 Å². The fourth-order valence-electron chi connectivity index (χ4n) is 2.52. The van der Waals surface area contributed by atoms with Crippen LogP contribution in [0, 0.1) is 5.92 Å². The van der Waals surface area contributed by atoms with E-state index in [-0.39, 0.29) is 0 Å². The van der Waals surface area contributed by atoms with Crippen LogP contribution in [0.2, 0.25) is 5.28 Å². The van der Waals surface area contributed by atoms with Gasteiger partial charge in [0.2, 0.25) is 11.2 Å². The summed E-state index contributed by atoms with van der Waals surface area (Å²) in [6.07, 6.45) is 5.47. The Morgan fingerprint density at radius 2 is 1.96 bits per heavy atom. The monoisotopic (exact) mass is 329 g/mol. The molecule has 0 aliphatic heterocycles. The van der Waals surface area contributed by atoms with E-state index in [0.29, 0.717) is 22.8 Å². The van der Waals surface area contributed by atoms with E-state index in [0.717, 1.165) is 17.9 Å². The molecular weight excluding hydrogens is 314 g/mol. The first-order valence-electron chi connectivity index (χ1n) is 7.69. The summed E-state index contributed by atoms with van der Waals surface area (Å²) in [5.74, 6) is 2.49. The van der Waals surface area contributed by atoms with Gasteiger partial charge < -0.3 is 9.47 Å². The van der Waals surface area contributed by atoms with Crippen LogP contribution in [0.15, 0.2) is 42.6 Å². The van der Waals surface area contributed by atoms with E-state index in [4.69, 9.17) is 21.1 Å². The maximum atomic E-state index is 5.99. The van der Waals surface area contributed by atoms with Gasteiger partial charge in [0.15, 0.2) is 11.5 Å². The quantitative estimate of drug-likeness (QED) is 0.698. The maximum absolute atomic E-state index is 5.99. The SMILES string of the molecule is Clc1ncc2ccc(Oc3ccccc3OCC3CCC3)nn12. The lowest BCUT2D eigenvalue weighted by atomic mass is 9.86. The zero-order chi connectivity index (χ0) is 15.6. The fourth-order valence-corrected chi connectivity index (χ4v) is 2.71. The number of nitrogens with zero attached hydrogens (tertiary/aromatic N) is 3. The Bertz CT molecular complexity index is 830. The van der Waals surface area contributed by atoms with Crippen LogP contribution in [0.25, 0.3) is 5.52 Å². The molecule has 0 N–H and O–H groups in total. The Hall–Kier alpha value is -2.27. The molecule has 1 saturated carbocycles. The van der Waals surface area contributed by atoms with Gasteiger partial charge in [0.05, 0.1) is 18.3 Å². The van der Waals surface area contributed by atoms with Crippen molar-refractivity contribution in [3.8, 4) is 17.4 Å². The minimum absolute atomic E-state index is 0.306. The number of ether oxygens (including phenoxy) is 2. The van der Waals surface area contributed by atoms with Crippen LogP contribution in [-0.2, 0) is 0 Å². The number of para-hydroxylation sites is 2. The summed E-state index contributed by atoms with van der Waals surface area (Å²) >= 11 is 5.99.